The fourth-order valence-electron chi connectivity index (χ4n) is 3.84. The van der Waals surface area contributed by atoms with Gasteiger partial charge >= 0.3 is 5.97 Å². The summed E-state index contributed by atoms with van der Waals surface area (Å²) in [5, 5.41) is 13.0. The van der Waals surface area contributed by atoms with Gasteiger partial charge in [-0.15, -0.1) is 11.3 Å². The molecule has 1 fully saturated rings. The molecule has 1 N–H and O–H groups in total. The normalized spacial score (nSPS) is 19.5. The Labute approximate surface area is 157 Å². The maximum atomic E-state index is 11.6. The third kappa shape index (κ3) is 3.24. The lowest BCUT2D eigenvalue weighted by atomic mass is 9.93. The number of carboxylic acid groups (broad SMARTS) is 1. The van der Waals surface area contributed by atoms with Crippen LogP contribution in [-0.4, -0.2) is 34.0 Å². The molecule has 1 aromatic carbocycles. The second-order valence-corrected chi connectivity index (χ2v) is 7.93. The third-order valence-electron chi connectivity index (χ3n) is 5.19. The number of hydrogen-bond acceptors (Lipinski definition) is 4. The Balaban J connectivity index is 1.79. The zero-order chi connectivity index (χ0) is 18.1. The van der Waals surface area contributed by atoms with Gasteiger partial charge in [0.2, 0.25) is 0 Å². The predicted molar refractivity (Wildman–Crippen MR) is 105 cm³/mol. The van der Waals surface area contributed by atoms with Crippen molar-refractivity contribution in [2.24, 2.45) is 5.92 Å². The lowest BCUT2D eigenvalue weighted by Crippen LogP contribution is -2.41. The van der Waals surface area contributed by atoms with Crippen LogP contribution in [0.5, 0.6) is 0 Å². The van der Waals surface area contributed by atoms with Crippen LogP contribution in [0.3, 0.4) is 0 Å². The topological polar surface area (TPSA) is 53.4 Å². The van der Waals surface area contributed by atoms with Crippen LogP contribution >= 0.6 is 11.3 Å². The first kappa shape index (κ1) is 17.2. The largest absolute Gasteiger partial charge is 0.481 e. The van der Waals surface area contributed by atoms with Gasteiger partial charge in [-0.2, -0.15) is 0 Å². The molecule has 2 atom stereocenters. The Morgan fingerprint density at radius 3 is 2.92 bits per heavy atom. The second kappa shape index (κ2) is 7.17. The van der Waals surface area contributed by atoms with E-state index in [-0.39, 0.29) is 12.0 Å². The Bertz CT molecular complexity index is 919. The van der Waals surface area contributed by atoms with Gasteiger partial charge < -0.3 is 5.11 Å². The van der Waals surface area contributed by atoms with E-state index in [9.17, 15) is 9.90 Å². The highest BCUT2D eigenvalue weighted by molar-refractivity contribution is 7.17. The summed E-state index contributed by atoms with van der Waals surface area (Å²) in [4.78, 5) is 18.6. The minimum atomic E-state index is -0.694. The molecule has 3 heterocycles. The van der Waals surface area contributed by atoms with Crippen LogP contribution in [0.25, 0.3) is 10.1 Å². The zero-order valence-corrected chi connectivity index (χ0v) is 15.6. The van der Waals surface area contributed by atoms with E-state index in [0.717, 1.165) is 30.6 Å². The molecule has 2 unspecified atom stereocenters. The number of pyridine rings is 1. The smallest absolute Gasteiger partial charge is 0.307 e. The number of thiophene rings is 1. The van der Waals surface area contributed by atoms with E-state index in [0.29, 0.717) is 6.54 Å². The van der Waals surface area contributed by atoms with Crippen molar-refractivity contribution in [2.45, 2.75) is 25.8 Å². The van der Waals surface area contributed by atoms with E-state index in [1.807, 2.05) is 13.1 Å². The number of nitrogens with zero attached hydrogens (tertiary/aromatic N) is 2. The fourth-order valence-corrected chi connectivity index (χ4v) is 4.82. The SMILES string of the molecule is Cc1ccc(C(c2csc3ccccc23)N2CCCC(C(=O)O)C2)nc1. The molecule has 0 spiro atoms. The Morgan fingerprint density at radius 1 is 1.31 bits per heavy atom. The summed E-state index contributed by atoms with van der Waals surface area (Å²) < 4.78 is 1.26. The van der Waals surface area contributed by atoms with Crippen molar-refractivity contribution in [3.05, 3.63) is 64.8 Å². The monoisotopic (exact) mass is 366 g/mol. The van der Waals surface area contributed by atoms with Crippen molar-refractivity contribution in [2.75, 3.05) is 13.1 Å². The maximum absolute atomic E-state index is 11.6. The molecule has 1 aliphatic heterocycles. The number of aromatic nitrogens is 1. The molecule has 4 nitrogen and oxygen atoms in total. The van der Waals surface area contributed by atoms with Gasteiger partial charge in [0.25, 0.3) is 0 Å². The van der Waals surface area contributed by atoms with E-state index in [4.69, 9.17) is 4.98 Å². The zero-order valence-electron chi connectivity index (χ0n) is 14.8. The molecule has 4 rings (SSSR count). The predicted octanol–water partition coefficient (Wildman–Crippen LogP) is 4.49. The number of carboxylic acids is 1. The first-order valence-corrected chi connectivity index (χ1v) is 9.87. The summed E-state index contributed by atoms with van der Waals surface area (Å²) in [6.07, 6.45) is 3.56. The number of fused-ring (bicyclic) bond motifs is 1. The summed E-state index contributed by atoms with van der Waals surface area (Å²) in [7, 11) is 0. The minimum Gasteiger partial charge on any atom is -0.481 e. The first-order valence-electron chi connectivity index (χ1n) is 8.99. The van der Waals surface area contributed by atoms with Gasteiger partial charge in [0.15, 0.2) is 0 Å². The number of aryl methyl sites for hydroxylation is 1. The molecule has 5 heteroatoms. The molecule has 0 aliphatic carbocycles. The molecule has 1 saturated heterocycles. The standard InChI is InChI=1S/C21H22N2O2S/c1-14-8-9-18(22-11-14)20(23-10-4-5-15(12-23)21(24)25)17-13-26-19-7-3-2-6-16(17)19/h2-3,6-9,11,13,15,20H,4-5,10,12H2,1H3,(H,24,25). The van der Waals surface area contributed by atoms with E-state index in [1.165, 1.54) is 15.6 Å². The van der Waals surface area contributed by atoms with Gasteiger partial charge in [-0.05, 0) is 60.3 Å². The second-order valence-electron chi connectivity index (χ2n) is 7.02. The number of benzene rings is 1. The quantitative estimate of drug-likeness (QED) is 0.739. The van der Waals surface area contributed by atoms with Crippen LogP contribution in [0.4, 0.5) is 0 Å². The van der Waals surface area contributed by atoms with E-state index in [2.05, 4.69) is 46.7 Å². The summed E-state index contributed by atoms with van der Waals surface area (Å²) >= 11 is 1.74. The van der Waals surface area contributed by atoms with Crippen LogP contribution in [0, 0.1) is 12.8 Å². The Kier molecular flexibility index (Phi) is 4.74. The molecule has 0 amide bonds. The van der Waals surface area contributed by atoms with Crippen LogP contribution < -0.4 is 0 Å². The van der Waals surface area contributed by atoms with Crippen molar-refractivity contribution < 1.29 is 9.90 Å². The summed E-state index contributed by atoms with van der Waals surface area (Å²) in [5.74, 6) is -0.998. The van der Waals surface area contributed by atoms with Crippen molar-refractivity contribution in [3.8, 4) is 0 Å². The van der Waals surface area contributed by atoms with Gasteiger partial charge in [-0.1, -0.05) is 24.3 Å². The van der Waals surface area contributed by atoms with Crippen molar-refractivity contribution in [3.63, 3.8) is 0 Å². The minimum absolute atomic E-state index is 0.00565. The average Bonchev–Trinajstić information content (AvgIpc) is 3.08. The molecule has 0 saturated carbocycles. The first-order chi connectivity index (χ1) is 12.6. The molecule has 1 aliphatic rings. The van der Waals surface area contributed by atoms with Crippen molar-refractivity contribution in [1.82, 2.24) is 9.88 Å². The molecular formula is C21H22N2O2S. The van der Waals surface area contributed by atoms with E-state index < -0.39 is 5.97 Å². The van der Waals surface area contributed by atoms with Gasteiger partial charge in [-0.25, -0.2) is 0 Å². The van der Waals surface area contributed by atoms with Crippen LogP contribution in [-0.2, 0) is 4.79 Å². The van der Waals surface area contributed by atoms with Crippen molar-refractivity contribution >= 4 is 27.4 Å². The Morgan fingerprint density at radius 2 is 2.15 bits per heavy atom. The van der Waals surface area contributed by atoms with Crippen LogP contribution in [0.1, 0.15) is 35.7 Å². The number of rotatable bonds is 4. The van der Waals surface area contributed by atoms with Gasteiger partial charge in [-0.3, -0.25) is 14.7 Å². The number of carbonyl (C=O) groups is 1. The van der Waals surface area contributed by atoms with Gasteiger partial charge in [0, 0.05) is 17.4 Å². The number of likely N-dealkylation sites (tertiary alicyclic amines) is 1. The summed E-state index contributed by atoms with van der Waals surface area (Å²) in [5.41, 5.74) is 3.35. The van der Waals surface area contributed by atoms with Crippen molar-refractivity contribution in [1.29, 1.82) is 0 Å². The number of hydrogen-bond donors (Lipinski definition) is 1. The molecule has 0 radical (unpaired) electrons. The van der Waals surface area contributed by atoms with E-state index >= 15 is 0 Å². The highest BCUT2D eigenvalue weighted by Crippen LogP contribution is 2.38. The highest BCUT2D eigenvalue weighted by atomic mass is 32.1. The Hall–Kier alpha value is -2.24. The lowest BCUT2D eigenvalue weighted by Gasteiger charge is -2.36. The molecule has 26 heavy (non-hydrogen) atoms. The fraction of sp³-hybridized carbons (Fsp3) is 0.333. The highest BCUT2D eigenvalue weighted by Gasteiger charge is 2.32. The molecular weight excluding hydrogens is 344 g/mol. The molecule has 134 valence electrons. The third-order valence-corrected chi connectivity index (χ3v) is 6.17. The summed E-state index contributed by atoms with van der Waals surface area (Å²) in [6, 6.07) is 12.6. The summed E-state index contributed by atoms with van der Waals surface area (Å²) in [6.45, 7) is 3.50. The van der Waals surface area contributed by atoms with Gasteiger partial charge in [0.1, 0.15) is 0 Å². The molecule has 0 bridgehead atoms. The lowest BCUT2D eigenvalue weighted by molar-refractivity contribution is -0.143. The van der Waals surface area contributed by atoms with Gasteiger partial charge in [0.05, 0.1) is 17.7 Å². The molecule has 2 aromatic heterocycles. The maximum Gasteiger partial charge on any atom is 0.307 e. The van der Waals surface area contributed by atoms with Crippen LogP contribution in [0.2, 0.25) is 0 Å². The van der Waals surface area contributed by atoms with E-state index in [1.54, 1.807) is 11.3 Å². The number of aliphatic carboxylic acids is 1. The number of piperidine rings is 1. The average molecular weight is 366 g/mol. The molecule has 3 aromatic rings. The van der Waals surface area contributed by atoms with Crippen LogP contribution in [0.15, 0.2) is 48.0 Å².